The highest BCUT2D eigenvalue weighted by Crippen LogP contribution is 2.32. The van der Waals surface area contributed by atoms with E-state index in [4.69, 9.17) is 17.2 Å². The van der Waals surface area contributed by atoms with Gasteiger partial charge in [-0.2, -0.15) is 0 Å². The lowest BCUT2D eigenvalue weighted by atomic mass is 9.78. The van der Waals surface area contributed by atoms with Crippen molar-refractivity contribution in [3.8, 4) is 0 Å². The third-order valence-corrected chi connectivity index (χ3v) is 5.86. The van der Waals surface area contributed by atoms with Crippen molar-refractivity contribution in [2.45, 2.75) is 51.3 Å². The first-order valence-electron chi connectivity index (χ1n) is 7.09. The minimum Gasteiger partial charge on any atom is -0.297 e. The molecule has 1 saturated heterocycles. The van der Waals surface area contributed by atoms with Crippen LogP contribution in [-0.2, 0) is 4.79 Å². The van der Waals surface area contributed by atoms with Gasteiger partial charge in [-0.25, -0.2) is 0 Å². The average molecular weight is 298 g/mol. The summed E-state index contributed by atoms with van der Waals surface area (Å²) in [5.41, 5.74) is 0. The number of aliphatic imine (C=N–C) groups is 1. The van der Waals surface area contributed by atoms with E-state index in [9.17, 15) is 4.79 Å². The smallest absolute Gasteiger partial charge is 0.247 e. The minimum atomic E-state index is -0.197. The molecule has 106 valence electrons. The van der Waals surface area contributed by atoms with Crippen LogP contribution in [0.15, 0.2) is 4.99 Å². The van der Waals surface area contributed by atoms with Crippen molar-refractivity contribution in [1.82, 2.24) is 4.90 Å². The van der Waals surface area contributed by atoms with Crippen molar-refractivity contribution in [2.75, 3.05) is 6.54 Å². The molecule has 0 radical (unpaired) electrons. The molecule has 2 rings (SSSR count). The molecule has 0 N–H and O–H groups in total. The number of carbonyl (C=O) groups is 1. The number of amides is 1. The van der Waals surface area contributed by atoms with E-state index in [1.165, 1.54) is 24.6 Å². The molecule has 0 aromatic heterocycles. The van der Waals surface area contributed by atoms with Crippen molar-refractivity contribution in [3.63, 3.8) is 0 Å². The van der Waals surface area contributed by atoms with Crippen LogP contribution in [0, 0.1) is 11.8 Å². The molecule has 0 aromatic carbocycles. The van der Waals surface area contributed by atoms with Crippen LogP contribution in [0.25, 0.3) is 0 Å². The fourth-order valence-corrected chi connectivity index (χ4v) is 4.25. The molecule has 1 saturated carbocycles. The van der Waals surface area contributed by atoms with Crippen LogP contribution in [0.1, 0.15) is 40.0 Å². The Morgan fingerprint density at radius 2 is 2.21 bits per heavy atom. The van der Waals surface area contributed by atoms with Gasteiger partial charge in [0.1, 0.15) is 9.57 Å². The van der Waals surface area contributed by atoms with Gasteiger partial charge in [0, 0.05) is 12.8 Å². The number of nitrogens with zero attached hydrogens (tertiary/aromatic N) is 2. The second-order valence-corrected chi connectivity index (χ2v) is 7.30. The Morgan fingerprint density at radius 1 is 1.47 bits per heavy atom. The highest BCUT2D eigenvalue weighted by molar-refractivity contribution is 8.24. The predicted molar refractivity (Wildman–Crippen MR) is 85.8 cm³/mol. The number of hydrogen-bond donors (Lipinski definition) is 0. The minimum absolute atomic E-state index is 0.0951. The maximum absolute atomic E-state index is 12.1. The Hall–Kier alpha value is -0.420. The molecule has 2 fully saturated rings. The van der Waals surface area contributed by atoms with E-state index < -0.39 is 0 Å². The first kappa shape index (κ1) is 15.0. The number of carbonyl (C=O) groups excluding carboxylic acids is 1. The maximum atomic E-state index is 12.1. The van der Waals surface area contributed by atoms with Crippen molar-refractivity contribution in [3.05, 3.63) is 0 Å². The lowest BCUT2D eigenvalue weighted by Crippen LogP contribution is -2.32. The fraction of sp³-hybridized carbons (Fsp3) is 0.786. The molecule has 1 heterocycles. The topological polar surface area (TPSA) is 32.7 Å². The average Bonchev–Trinajstić information content (AvgIpc) is 2.66. The number of hydrogen-bond acceptors (Lipinski definition) is 4. The molecule has 19 heavy (non-hydrogen) atoms. The molecular formula is C14H22N2OS2. The van der Waals surface area contributed by atoms with E-state index in [1.807, 2.05) is 13.1 Å². The summed E-state index contributed by atoms with van der Waals surface area (Å²) in [6.45, 7) is 7.19. The Bertz CT molecular complexity index is 397. The van der Waals surface area contributed by atoms with Crippen LogP contribution in [0.4, 0.5) is 0 Å². The zero-order chi connectivity index (χ0) is 14.0. The molecule has 4 atom stereocenters. The van der Waals surface area contributed by atoms with E-state index in [1.54, 1.807) is 4.90 Å². The van der Waals surface area contributed by atoms with E-state index in [0.717, 1.165) is 12.3 Å². The molecular weight excluding hydrogens is 276 g/mol. The first-order valence-corrected chi connectivity index (χ1v) is 8.38. The van der Waals surface area contributed by atoms with Gasteiger partial charge in [0.15, 0.2) is 0 Å². The number of thiocarbonyl (C=S) groups is 1. The monoisotopic (exact) mass is 298 g/mol. The van der Waals surface area contributed by atoms with Gasteiger partial charge in [0.05, 0.1) is 6.04 Å². The maximum Gasteiger partial charge on any atom is 0.247 e. The highest BCUT2D eigenvalue weighted by Gasteiger charge is 2.35. The van der Waals surface area contributed by atoms with E-state index >= 15 is 0 Å². The molecule has 5 heteroatoms. The Labute approximate surface area is 125 Å². The third-order valence-electron chi connectivity index (χ3n) is 4.35. The summed E-state index contributed by atoms with van der Waals surface area (Å²) in [6, 6.07) is 0.376. The van der Waals surface area contributed by atoms with E-state index in [-0.39, 0.29) is 11.2 Å². The van der Waals surface area contributed by atoms with Crippen LogP contribution in [-0.4, -0.2) is 39.2 Å². The standard InChI is InChI=1S/C14H22N2OS2/c1-4-16-13(17)12(19-14(16)18)8-15-11-7-5-6-9(2)10(11)3/h8-12H,4-7H2,1-3H3/t9-,10+,11+,12+/m1/s1. The summed E-state index contributed by atoms with van der Waals surface area (Å²) in [5, 5.41) is -0.197. The van der Waals surface area contributed by atoms with Crippen molar-refractivity contribution in [1.29, 1.82) is 0 Å². The lowest BCUT2D eigenvalue weighted by molar-refractivity contribution is -0.124. The zero-order valence-electron chi connectivity index (χ0n) is 11.8. The summed E-state index contributed by atoms with van der Waals surface area (Å²) in [4.78, 5) is 18.5. The van der Waals surface area contributed by atoms with Gasteiger partial charge in [-0.1, -0.05) is 50.7 Å². The van der Waals surface area contributed by atoms with E-state index in [2.05, 4.69) is 13.8 Å². The molecule has 1 aliphatic heterocycles. The summed E-state index contributed by atoms with van der Waals surface area (Å²) < 4.78 is 0.689. The van der Waals surface area contributed by atoms with E-state index in [0.29, 0.717) is 22.8 Å². The van der Waals surface area contributed by atoms with Gasteiger partial charge in [0.25, 0.3) is 0 Å². The Kier molecular flexibility index (Phi) is 5.01. The first-order chi connectivity index (χ1) is 9.04. The third kappa shape index (κ3) is 3.19. The second-order valence-electron chi connectivity index (χ2n) is 5.52. The molecule has 0 spiro atoms. The van der Waals surface area contributed by atoms with Crippen LogP contribution in [0.5, 0.6) is 0 Å². The largest absolute Gasteiger partial charge is 0.297 e. The van der Waals surface area contributed by atoms with Crippen LogP contribution in [0.2, 0.25) is 0 Å². The molecule has 0 aromatic rings. The number of rotatable bonds is 3. The molecule has 3 nitrogen and oxygen atoms in total. The normalized spacial score (nSPS) is 36.5. The van der Waals surface area contributed by atoms with Gasteiger partial charge >= 0.3 is 0 Å². The molecule has 1 amide bonds. The molecule has 1 aliphatic carbocycles. The molecule has 0 bridgehead atoms. The predicted octanol–water partition coefficient (Wildman–Crippen LogP) is 3.13. The van der Waals surface area contributed by atoms with Crippen molar-refractivity contribution >= 4 is 40.4 Å². The van der Waals surface area contributed by atoms with Crippen molar-refractivity contribution in [2.24, 2.45) is 16.8 Å². The fourth-order valence-electron chi connectivity index (χ4n) is 2.80. The van der Waals surface area contributed by atoms with Crippen LogP contribution in [0.3, 0.4) is 0 Å². The van der Waals surface area contributed by atoms with Gasteiger partial charge in [-0.05, 0) is 25.2 Å². The molecule has 2 aliphatic rings. The summed E-state index contributed by atoms with van der Waals surface area (Å²) in [6.07, 6.45) is 5.54. The van der Waals surface area contributed by atoms with Gasteiger partial charge in [0.2, 0.25) is 5.91 Å². The lowest BCUT2D eigenvalue weighted by Gasteiger charge is -2.31. The van der Waals surface area contributed by atoms with Gasteiger partial charge in [-0.3, -0.25) is 14.7 Å². The van der Waals surface area contributed by atoms with Gasteiger partial charge in [-0.15, -0.1) is 0 Å². The number of thioether (sulfide) groups is 1. The van der Waals surface area contributed by atoms with Crippen LogP contribution < -0.4 is 0 Å². The van der Waals surface area contributed by atoms with Crippen LogP contribution >= 0.6 is 24.0 Å². The summed E-state index contributed by atoms with van der Waals surface area (Å²) in [7, 11) is 0. The highest BCUT2D eigenvalue weighted by atomic mass is 32.2. The molecule has 0 unspecified atom stereocenters. The second kappa shape index (κ2) is 6.35. The SMILES string of the molecule is CCN1C(=O)[C@H](C=N[C@H]2CCC[C@@H](C)[C@@H]2C)SC1=S. The van der Waals surface area contributed by atoms with Crippen molar-refractivity contribution < 1.29 is 4.79 Å². The van der Waals surface area contributed by atoms with Gasteiger partial charge < -0.3 is 0 Å². The summed E-state index contributed by atoms with van der Waals surface area (Å²) >= 11 is 6.67. The quantitative estimate of drug-likeness (QED) is 0.593. The Balaban J connectivity index is 1.99. The zero-order valence-corrected chi connectivity index (χ0v) is 13.5. The Morgan fingerprint density at radius 3 is 2.84 bits per heavy atom. The summed E-state index contributed by atoms with van der Waals surface area (Å²) in [5.74, 6) is 1.44.